The maximum atomic E-state index is 14.1. The number of likely N-dealkylation sites (tertiary alicyclic amines) is 1. The van der Waals surface area contributed by atoms with Gasteiger partial charge in [0.15, 0.2) is 5.65 Å². The van der Waals surface area contributed by atoms with E-state index in [1.165, 1.54) is 5.57 Å². The molecule has 6 rings (SSSR count). The molecule has 3 aromatic rings. The van der Waals surface area contributed by atoms with Crippen LogP contribution in [0.1, 0.15) is 68.5 Å². The first-order chi connectivity index (χ1) is 18.1. The van der Waals surface area contributed by atoms with Crippen molar-refractivity contribution in [3.63, 3.8) is 0 Å². The van der Waals surface area contributed by atoms with Gasteiger partial charge in [-0.3, -0.25) is 9.78 Å². The molecule has 1 unspecified atom stereocenters. The summed E-state index contributed by atoms with van der Waals surface area (Å²) in [5.74, 6) is 1.41. The number of amides is 1. The topological polar surface area (TPSA) is 75.4 Å². The fourth-order valence-corrected chi connectivity index (χ4v) is 6.61. The van der Waals surface area contributed by atoms with E-state index < -0.39 is 0 Å². The molecule has 1 N–H and O–H groups in total. The molecule has 0 radical (unpaired) electrons. The third-order valence-corrected chi connectivity index (χ3v) is 8.75. The van der Waals surface area contributed by atoms with Crippen molar-refractivity contribution in [2.45, 2.75) is 63.8 Å². The lowest BCUT2D eigenvalue weighted by atomic mass is 9.74. The molecule has 0 bridgehead atoms. The first kappa shape index (κ1) is 24.3. The van der Waals surface area contributed by atoms with Crippen molar-refractivity contribution in [3.05, 3.63) is 76.3 Å². The van der Waals surface area contributed by atoms with Gasteiger partial charge in [0.05, 0.1) is 21.8 Å². The van der Waals surface area contributed by atoms with Crippen LogP contribution in [0.5, 0.6) is 0 Å². The summed E-state index contributed by atoms with van der Waals surface area (Å²) in [7, 11) is 0. The summed E-state index contributed by atoms with van der Waals surface area (Å²) < 4.78 is 2.70. The highest BCUT2D eigenvalue weighted by molar-refractivity contribution is 9.10. The van der Waals surface area contributed by atoms with Gasteiger partial charge in [-0.2, -0.15) is 9.61 Å². The Morgan fingerprint density at radius 2 is 2.08 bits per heavy atom. The number of halogens is 1. The summed E-state index contributed by atoms with van der Waals surface area (Å²) in [6.07, 6.45) is 20.6. The fourth-order valence-electron chi connectivity index (χ4n) is 6.26. The van der Waals surface area contributed by atoms with E-state index in [4.69, 9.17) is 4.98 Å². The van der Waals surface area contributed by atoms with Gasteiger partial charge in [-0.1, -0.05) is 37.1 Å². The average Bonchev–Trinajstić information content (AvgIpc) is 3.61. The van der Waals surface area contributed by atoms with Gasteiger partial charge < -0.3 is 10.2 Å². The quantitative estimate of drug-likeness (QED) is 0.397. The van der Waals surface area contributed by atoms with E-state index in [0.29, 0.717) is 19.0 Å². The summed E-state index contributed by atoms with van der Waals surface area (Å²) in [6, 6.07) is 6.11. The summed E-state index contributed by atoms with van der Waals surface area (Å²) in [5.41, 5.74) is 3.83. The number of carbonyl (C=O) groups is 1. The average molecular weight is 562 g/mol. The second-order valence-corrected chi connectivity index (χ2v) is 11.4. The molecule has 4 heterocycles. The largest absolute Gasteiger partial charge is 0.366 e. The van der Waals surface area contributed by atoms with Gasteiger partial charge in [0.25, 0.3) is 0 Å². The van der Waals surface area contributed by atoms with Crippen molar-refractivity contribution in [1.82, 2.24) is 24.5 Å². The molecule has 0 aromatic carbocycles. The zero-order valence-corrected chi connectivity index (χ0v) is 22.7. The third-order valence-electron chi connectivity index (χ3n) is 8.19. The monoisotopic (exact) mass is 560 g/mol. The van der Waals surface area contributed by atoms with Crippen LogP contribution >= 0.6 is 15.9 Å². The van der Waals surface area contributed by atoms with Crippen molar-refractivity contribution >= 4 is 33.3 Å². The van der Waals surface area contributed by atoms with E-state index in [2.05, 4.69) is 66.6 Å². The zero-order chi connectivity index (χ0) is 25.2. The Hall–Kier alpha value is -3.00. The van der Waals surface area contributed by atoms with Crippen molar-refractivity contribution < 1.29 is 4.79 Å². The van der Waals surface area contributed by atoms with Crippen LogP contribution in [0, 0.1) is 5.41 Å². The van der Waals surface area contributed by atoms with E-state index >= 15 is 0 Å². The number of carbonyl (C=O) groups excluding carboxylic acids is 1. The Morgan fingerprint density at radius 1 is 1.19 bits per heavy atom. The number of nitrogens with zero attached hydrogens (tertiary/aromatic N) is 5. The number of fused-ring (bicyclic) bond motifs is 1. The Labute approximate surface area is 226 Å². The maximum Gasteiger partial charge on any atom is 0.233 e. The second-order valence-electron chi connectivity index (χ2n) is 10.5. The highest BCUT2D eigenvalue weighted by Gasteiger charge is 2.46. The molecule has 3 aromatic heterocycles. The molecule has 37 heavy (non-hydrogen) atoms. The minimum Gasteiger partial charge on any atom is -0.366 e. The SMILES string of the molecule is O=C(N1CCCC(c2cc(NCc3cccnc3)n3ncc(Br)c3n2)C1)C1(C2=CCCC=C2)CCCC1. The van der Waals surface area contributed by atoms with Gasteiger partial charge >= 0.3 is 0 Å². The lowest BCUT2D eigenvalue weighted by Crippen LogP contribution is -2.47. The van der Waals surface area contributed by atoms with Crippen LogP contribution in [0.3, 0.4) is 0 Å². The van der Waals surface area contributed by atoms with Gasteiger partial charge in [0, 0.05) is 44.0 Å². The van der Waals surface area contributed by atoms with Crippen LogP contribution in [0.4, 0.5) is 5.82 Å². The first-order valence-electron chi connectivity index (χ1n) is 13.5. The van der Waals surface area contributed by atoms with E-state index in [1.54, 1.807) is 12.4 Å². The molecule has 2 fully saturated rings. The molecule has 1 saturated carbocycles. The van der Waals surface area contributed by atoms with Gasteiger partial charge in [0.1, 0.15) is 5.82 Å². The molecule has 3 aliphatic rings. The van der Waals surface area contributed by atoms with E-state index in [1.807, 2.05) is 16.8 Å². The van der Waals surface area contributed by atoms with Gasteiger partial charge in [-0.15, -0.1) is 0 Å². The van der Waals surface area contributed by atoms with Crippen molar-refractivity contribution in [1.29, 1.82) is 0 Å². The third kappa shape index (κ3) is 4.72. The van der Waals surface area contributed by atoms with Gasteiger partial charge in [0.2, 0.25) is 5.91 Å². The minimum absolute atomic E-state index is 0.192. The number of anilines is 1. The number of aromatic nitrogens is 4. The Kier molecular flexibility index (Phi) is 6.84. The fraction of sp³-hybridized carbons (Fsp3) is 0.448. The molecular formula is C29H33BrN6O. The number of allylic oxidation sites excluding steroid dienone is 3. The maximum absolute atomic E-state index is 14.1. The molecule has 1 aliphatic heterocycles. The molecule has 1 amide bonds. The van der Waals surface area contributed by atoms with Crippen LogP contribution in [-0.4, -0.2) is 43.5 Å². The number of hydrogen-bond donors (Lipinski definition) is 1. The van der Waals surface area contributed by atoms with Crippen molar-refractivity contribution in [3.8, 4) is 0 Å². The molecule has 8 heteroatoms. The van der Waals surface area contributed by atoms with E-state index in [0.717, 1.165) is 85.1 Å². The molecule has 2 aliphatic carbocycles. The first-order valence-corrected chi connectivity index (χ1v) is 14.3. The predicted molar refractivity (Wildman–Crippen MR) is 148 cm³/mol. The summed E-state index contributed by atoms with van der Waals surface area (Å²) in [5, 5.41) is 8.05. The van der Waals surface area contributed by atoms with Gasteiger partial charge in [-0.25, -0.2) is 4.98 Å². The minimum atomic E-state index is -0.332. The van der Waals surface area contributed by atoms with E-state index in [-0.39, 0.29) is 11.3 Å². The second kappa shape index (κ2) is 10.4. The molecule has 1 saturated heterocycles. The molecule has 7 nitrogen and oxygen atoms in total. The highest BCUT2D eigenvalue weighted by Crippen LogP contribution is 2.48. The lowest BCUT2D eigenvalue weighted by Gasteiger charge is -2.40. The predicted octanol–water partition coefficient (Wildman–Crippen LogP) is 6.04. The van der Waals surface area contributed by atoms with Crippen LogP contribution in [0.25, 0.3) is 5.65 Å². The summed E-state index contributed by atoms with van der Waals surface area (Å²) >= 11 is 3.63. The Morgan fingerprint density at radius 3 is 2.86 bits per heavy atom. The summed E-state index contributed by atoms with van der Waals surface area (Å²) in [4.78, 5) is 25.5. The van der Waals surface area contributed by atoms with Crippen LogP contribution in [0.2, 0.25) is 0 Å². The number of pyridine rings is 1. The Bertz CT molecular complexity index is 1340. The van der Waals surface area contributed by atoms with Crippen molar-refractivity contribution in [2.24, 2.45) is 5.41 Å². The van der Waals surface area contributed by atoms with Crippen molar-refractivity contribution in [2.75, 3.05) is 18.4 Å². The molecular weight excluding hydrogens is 528 g/mol. The number of rotatable bonds is 6. The zero-order valence-electron chi connectivity index (χ0n) is 21.1. The highest BCUT2D eigenvalue weighted by atomic mass is 79.9. The Balaban J connectivity index is 1.27. The smallest absolute Gasteiger partial charge is 0.233 e. The van der Waals surface area contributed by atoms with E-state index in [9.17, 15) is 4.79 Å². The van der Waals surface area contributed by atoms with Crippen LogP contribution in [-0.2, 0) is 11.3 Å². The normalized spacial score (nSPS) is 21.3. The number of piperidine rings is 1. The van der Waals surface area contributed by atoms with Crippen LogP contribution < -0.4 is 5.32 Å². The number of hydrogen-bond acceptors (Lipinski definition) is 5. The summed E-state index contributed by atoms with van der Waals surface area (Å²) in [6.45, 7) is 2.19. The molecule has 1 atom stereocenters. The van der Waals surface area contributed by atoms with Gasteiger partial charge in [-0.05, 0) is 71.7 Å². The molecule has 192 valence electrons. The van der Waals surface area contributed by atoms with Crippen LogP contribution in [0.15, 0.2) is 65.1 Å². The molecule has 0 spiro atoms. The standard InChI is InChI=1S/C29H33BrN6O/c30-24-19-33-36-26(32-18-21-8-6-14-31-17-21)16-25(34-27(24)36)22-9-7-15-35(20-22)28(37)29(12-4-5-13-29)23-10-2-1-3-11-23/h2,6,8,10-11,14,16-17,19,22,32H,1,3-5,7,9,12-13,15,18,20H2. The lowest BCUT2D eigenvalue weighted by molar-refractivity contribution is -0.141. The number of nitrogens with one attached hydrogen (secondary N) is 1.